The number of carbonyl (C=O) groups is 1. The molecule has 116 valence electrons. The van der Waals surface area contributed by atoms with Crippen LogP contribution in [0.4, 0.5) is 0 Å². The topological polar surface area (TPSA) is 44.8 Å². The Morgan fingerprint density at radius 2 is 2.25 bits per heavy atom. The van der Waals surface area contributed by atoms with Crippen molar-refractivity contribution in [2.24, 2.45) is 0 Å². The predicted octanol–water partition coefficient (Wildman–Crippen LogP) is 0.696. The van der Waals surface area contributed by atoms with Gasteiger partial charge >= 0.3 is 0 Å². The predicted molar refractivity (Wildman–Crippen MR) is 79.7 cm³/mol. The van der Waals surface area contributed by atoms with E-state index in [-0.39, 0.29) is 18.1 Å². The summed E-state index contributed by atoms with van der Waals surface area (Å²) in [6, 6.07) is 0.449. The second-order valence-electron chi connectivity index (χ2n) is 6.19. The zero-order chi connectivity index (χ0) is 14.5. The van der Waals surface area contributed by atoms with Crippen LogP contribution in [0.1, 0.15) is 32.6 Å². The minimum Gasteiger partial charge on any atom is -0.375 e. The molecule has 3 atom stereocenters. The summed E-state index contributed by atoms with van der Waals surface area (Å²) < 4.78 is 5.56. The fourth-order valence-electron chi connectivity index (χ4n) is 3.21. The standard InChI is InChI=1S/C15H29N3O2/c1-12-14(16-8-11-20-12)15(19)18(3)10-7-13-6-4-5-9-17(13)2/h12-14,16H,4-11H2,1-3H3/t12-,13?,14+/m1/s1. The maximum absolute atomic E-state index is 12.4. The molecule has 0 aromatic carbocycles. The van der Waals surface area contributed by atoms with Crippen LogP contribution in [0.25, 0.3) is 0 Å². The Morgan fingerprint density at radius 3 is 2.95 bits per heavy atom. The molecule has 1 amide bonds. The van der Waals surface area contributed by atoms with E-state index in [9.17, 15) is 4.79 Å². The Labute approximate surface area is 122 Å². The monoisotopic (exact) mass is 283 g/mol. The van der Waals surface area contributed by atoms with Crippen LogP contribution in [0.5, 0.6) is 0 Å². The third kappa shape index (κ3) is 3.93. The van der Waals surface area contributed by atoms with E-state index in [2.05, 4.69) is 17.3 Å². The quantitative estimate of drug-likeness (QED) is 0.825. The highest BCUT2D eigenvalue weighted by Gasteiger charge is 2.30. The summed E-state index contributed by atoms with van der Waals surface area (Å²) in [5.74, 6) is 0.163. The molecule has 2 rings (SSSR count). The molecule has 0 spiro atoms. The van der Waals surface area contributed by atoms with Crippen molar-refractivity contribution < 1.29 is 9.53 Å². The number of piperidine rings is 1. The van der Waals surface area contributed by atoms with E-state index in [1.807, 2.05) is 18.9 Å². The van der Waals surface area contributed by atoms with Gasteiger partial charge in [-0.05, 0) is 39.8 Å². The molecule has 2 saturated heterocycles. The van der Waals surface area contributed by atoms with Crippen LogP contribution in [-0.4, -0.2) is 74.2 Å². The number of carbonyl (C=O) groups excluding carboxylic acids is 1. The van der Waals surface area contributed by atoms with Gasteiger partial charge in [-0.25, -0.2) is 0 Å². The fourth-order valence-corrected chi connectivity index (χ4v) is 3.21. The number of hydrogen-bond donors (Lipinski definition) is 1. The highest BCUT2D eigenvalue weighted by molar-refractivity contribution is 5.82. The molecule has 1 N–H and O–H groups in total. The van der Waals surface area contributed by atoms with E-state index in [4.69, 9.17) is 4.74 Å². The number of likely N-dealkylation sites (tertiary alicyclic amines) is 1. The van der Waals surface area contributed by atoms with Gasteiger partial charge in [0.05, 0.1) is 12.7 Å². The van der Waals surface area contributed by atoms with Crippen LogP contribution < -0.4 is 5.32 Å². The molecule has 0 aliphatic carbocycles. The van der Waals surface area contributed by atoms with Crippen molar-refractivity contribution >= 4 is 5.91 Å². The second-order valence-corrected chi connectivity index (χ2v) is 6.19. The maximum atomic E-state index is 12.4. The van der Waals surface area contributed by atoms with Crippen LogP contribution in [0.15, 0.2) is 0 Å². The first kappa shape index (κ1) is 15.7. The summed E-state index contributed by atoms with van der Waals surface area (Å²) in [7, 11) is 4.11. The van der Waals surface area contributed by atoms with Gasteiger partial charge in [-0.2, -0.15) is 0 Å². The molecule has 0 aromatic heterocycles. The molecule has 0 aromatic rings. The highest BCUT2D eigenvalue weighted by atomic mass is 16.5. The number of amides is 1. The Hall–Kier alpha value is -0.650. The minimum atomic E-state index is -0.183. The molecule has 0 bridgehead atoms. The first-order chi connectivity index (χ1) is 9.59. The molecule has 0 radical (unpaired) electrons. The molecule has 2 heterocycles. The summed E-state index contributed by atoms with van der Waals surface area (Å²) in [5, 5.41) is 3.27. The lowest BCUT2D eigenvalue weighted by Crippen LogP contribution is -2.56. The minimum absolute atomic E-state index is 0.0314. The zero-order valence-electron chi connectivity index (χ0n) is 13.1. The van der Waals surface area contributed by atoms with Crippen molar-refractivity contribution in [3.8, 4) is 0 Å². The molecular formula is C15H29N3O2. The van der Waals surface area contributed by atoms with Crippen LogP contribution in [0.3, 0.4) is 0 Å². The van der Waals surface area contributed by atoms with Gasteiger partial charge in [0, 0.05) is 26.2 Å². The Bertz CT molecular complexity index is 324. The van der Waals surface area contributed by atoms with Crippen molar-refractivity contribution in [3.63, 3.8) is 0 Å². The van der Waals surface area contributed by atoms with E-state index in [1.165, 1.54) is 25.8 Å². The SMILES string of the molecule is C[C@H]1OCCN[C@@H]1C(=O)N(C)CCC1CCCCN1C. The van der Waals surface area contributed by atoms with Crippen molar-refractivity contribution in [1.82, 2.24) is 15.1 Å². The second kappa shape index (κ2) is 7.38. The Morgan fingerprint density at radius 1 is 1.45 bits per heavy atom. The number of rotatable bonds is 4. The van der Waals surface area contributed by atoms with Gasteiger partial charge in [0.15, 0.2) is 0 Å². The maximum Gasteiger partial charge on any atom is 0.242 e. The normalized spacial score (nSPS) is 32.0. The molecule has 2 aliphatic heterocycles. The van der Waals surface area contributed by atoms with E-state index in [1.54, 1.807) is 0 Å². The average molecular weight is 283 g/mol. The molecule has 0 saturated carbocycles. The number of likely N-dealkylation sites (N-methyl/N-ethyl adjacent to an activating group) is 1. The van der Waals surface area contributed by atoms with Crippen LogP contribution >= 0.6 is 0 Å². The first-order valence-electron chi connectivity index (χ1n) is 7.90. The lowest BCUT2D eigenvalue weighted by Gasteiger charge is -2.35. The average Bonchev–Trinajstić information content (AvgIpc) is 2.46. The molecule has 2 aliphatic rings. The Kier molecular flexibility index (Phi) is 5.81. The Balaban J connectivity index is 1.78. The van der Waals surface area contributed by atoms with Crippen molar-refractivity contribution in [3.05, 3.63) is 0 Å². The van der Waals surface area contributed by atoms with Gasteiger partial charge in [-0.15, -0.1) is 0 Å². The van der Waals surface area contributed by atoms with Gasteiger partial charge in [-0.3, -0.25) is 4.79 Å². The van der Waals surface area contributed by atoms with Crippen molar-refractivity contribution in [2.45, 2.75) is 50.8 Å². The van der Waals surface area contributed by atoms with E-state index in [0.29, 0.717) is 12.6 Å². The van der Waals surface area contributed by atoms with E-state index in [0.717, 1.165) is 19.5 Å². The third-order valence-corrected chi connectivity index (χ3v) is 4.68. The molecule has 2 fully saturated rings. The number of nitrogens with zero attached hydrogens (tertiary/aromatic N) is 2. The van der Waals surface area contributed by atoms with E-state index < -0.39 is 0 Å². The zero-order valence-corrected chi connectivity index (χ0v) is 13.1. The van der Waals surface area contributed by atoms with Crippen molar-refractivity contribution in [1.29, 1.82) is 0 Å². The summed E-state index contributed by atoms with van der Waals surface area (Å²) in [5.41, 5.74) is 0. The smallest absolute Gasteiger partial charge is 0.242 e. The summed E-state index contributed by atoms with van der Waals surface area (Å²) in [4.78, 5) is 16.7. The summed E-state index contributed by atoms with van der Waals surface area (Å²) in [6.07, 6.45) is 4.93. The van der Waals surface area contributed by atoms with Gasteiger partial charge in [0.2, 0.25) is 5.91 Å². The first-order valence-corrected chi connectivity index (χ1v) is 7.90. The molecule has 20 heavy (non-hydrogen) atoms. The highest BCUT2D eigenvalue weighted by Crippen LogP contribution is 2.18. The molecule has 1 unspecified atom stereocenters. The molecular weight excluding hydrogens is 254 g/mol. The fraction of sp³-hybridized carbons (Fsp3) is 0.933. The van der Waals surface area contributed by atoms with Gasteiger partial charge in [0.1, 0.15) is 6.04 Å². The summed E-state index contributed by atoms with van der Waals surface area (Å²) in [6.45, 7) is 5.45. The van der Waals surface area contributed by atoms with Crippen LogP contribution in [-0.2, 0) is 9.53 Å². The third-order valence-electron chi connectivity index (χ3n) is 4.68. The van der Waals surface area contributed by atoms with E-state index >= 15 is 0 Å². The number of hydrogen-bond acceptors (Lipinski definition) is 4. The van der Waals surface area contributed by atoms with Gasteiger partial charge < -0.3 is 19.9 Å². The van der Waals surface area contributed by atoms with Crippen LogP contribution in [0, 0.1) is 0 Å². The molecule has 5 nitrogen and oxygen atoms in total. The van der Waals surface area contributed by atoms with Crippen molar-refractivity contribution in [2.75, 3.05) is 40.3 Å². The number of nitrogens with one attached hydrogen (secondary N) is 1. The number of morpholine rings is 1. The van der Waals surface area contributed by atoms with Crippen LogP contribution in [0.2, 0.25) is 0 Å². The van der Waals surface area contributed by atoms with Gasteiger partial charge in [-0.1, -0.05) is 6.42 Å². The summed E-state index contributed by atoms with van der Waals surface area (Å²) >= 11 is 0. The van der Waals surface area contributed by atoms with Gasteiger partial charge in [0.25, 0.3) is 0 Å². The largest absolute Gasteiger partial charge is 0.375 e. The lowest BCUT2D eigenvalue weighted by atomic mass is 10.00. The number of ether oxygens (including phenoxy) is 1. The lowest BCUT2D eigenvalue weighted by molar-refractivity contribution is -0.138. The molecule has 5 heteroatoms.